The fourth-order valence-corrected chi connectivity index (χ4v) is 0. The summed E-state index contributed by atoms with van der Waals surface area (Å²) in [5.41, 5.74) is 0. The van der Waals surface area contributed by atoms with Gasteiger partial charge in [-0.05, 0) is 0 Å². The molecule has 0 aliphatic rings. The van der Waals surface area contributed by atoms with E-state index in [9.17, 15) is 0 Å². The zero-order valence-electron chi connectivity index (χ0n) is 2.93. The maximum Gasteiger partial charge on any atom is 4.00 e. The first-order valence-corrected chi connectivity index (χ1v) is 2.45. The van der Waals surface area contributed by atoms with Crippen LogP contribution < -0.4 is 19.2 Å². The molecule has 47 valence electrons. The van der Waals surface area contributed by atoms with Crippen molar-refractivity contribution in [3.8, 4) is 0 Å². The number of rotatable bonds is 0. The third kappa shape index (κ3) is 468. The standard InChI is InChI=1S/Cu.O4Si.H2O/c;1-5(2,3)4;/h;;1H2/q+4;-4;. The van der Waals surface area contributed by atoms with E-state index in [4.69, 9.17) is 19.2 Å². The first-order chi connectivity index (χ1) is 2.00. The Morgan fingerprint density at radius 2 is 0.857 bits per heavy atom. The van der Waals surface area contributed by atoms with Crippen molar-refractivity contribution in [1.82, 2.24) is 0 Å². The Kier molecular flexibility index (Phi) is 10.5. The summed E-state index contributed by atoms with van der Waals surface area (Å²) in [4.78, 5) is 34.3. The zero-order valence-corrected chi connectivity index (χ0v) is 4.88. The average molecular weight is 174 g/mol. The number of hydrogen-bond donors (Lipinski definition) is 0. The van der Waals surface area contributed by atoms with Crippen LogP contribution in [0.15, 0.2) is 0 Å². The molecule has 0 aliphatic carbocycles. The molecule has 0 aliphatic heterocycles. The summed E-state index contributed by atoms with van der Waals surface area (Å²) in [6.07, 6.45) is 0. The topological polar surface area (TPSA) is 124 Å². The third-order valence-electron chi connectivity index (χ3n) is 0. The Morgan fingerprint density at radius 3 is 0.857 bits per heavy atom. The summed E-state index contributed by atoms with van der Waals surface area (Å²) in [6, 6.07) is 0. The summed E-state index contributed by atoms with van der Waals surface area (Å²) in [7, 11) is -5.61. The minimum absolute atomic E-state index is 0. The van der Waals surface area contributed by atoms with Crippen LogP contribution in [-0.4, -0.2) is 14.5 Å². The summed E-state index contributed by atoms with van der Waals surface area (Å²) in [5, 5.41) is 0. The second-order valence-electron chi connectivity index (χ2n) is 0.500. The van der Waals surface area contributed by atoms with Crippen molar-refractivity contribution in [2.24, 2.45) is 0 Å². The quantitative estimate of drug-likeness (QED) is 0.338. The van der Waals surface area contributed by atoms with Crippen LogP contribution in [0.25, 0.3) is 0 Å². The van der Waals surface area contributed by atoms with E-state index in [0.29, 0.717) is 0 Å². The SMILES string of the molecule is O.[Cu+4].[O-][Si]([O-])([O-])[O-]. The minimum Gasteiger partial charge on any atom is -0.894 e. The second kappa shape index (κ2) is 4.69. The molecule has 2 N–H and O–H groups in total. The van der Waals surface area contributed by atoms with Gasteiger partial charge in [-0.25, -0.2) is 0 Å². The summed E-state index contributed by atoms with van der Waals surface area (Å²) in [5.74, 6) is 0. The van der Waals surface area contributed by atoms with E-state index in [1.165, 1.54) is 0 Å². The van der Waals surface area contributed by atoms with Crippen LogP contribution in [0.1, 0.15) is 0 Å². The van der Waals surface area contributed by atoms with Crippen molar-refractivity contribution < 1.29 is 41.7 Å². The molecule has 0 unspecified atom stereocenters. The van der Waals surface area contributed by atoms with Crippen molar-refractivity contribution in [2.45, 2.75) is 0 Å². The van der Waals surface area contributed by atoms with Gasteiger partial charge in [-0.1, -0.05) is 0 Å². The van der Waals surface area contributed by atoms with Gasteiger partial charge in [0.05, 0.1) is 0 Å². The first-order valence-electron chi connectivity index (χ1n) is 0.816. The smallest absolute Gasteiger partial charge is 0.894 e. The fourth-order valence-electron chi connectivity index (χ4n) is 0. The van der Waals surface area contributed by atoms with Crippen molar-refractivity contribution in [3.05, 3.63) is 0 Å². The molecule has 0 heterocycles. The van der Waals surface area contributed by atoms with Crippen LogP contribution in [-0.2, 0) is 17.1 Å². The van der Waals surface area contributed by atoms with Crippen molar-refractivity contribution in [3.63, 3.8) is 0 Å². The number of hydrogen-bond acceptors (Lipinski definition) is 4. The summed E-state index contributed by atoms with van der Waals surface area (Å²) < 4.78 is 0. The van der Waals surface area contributed by atoms with E-state index in [0.717, 1.165) is 0 Å². The van der Waals surface area contributed by atoms with Gasteiger partial charge >= 0.3 is 17.1 Å². The van der Waals surface area contributed by atoms with Crippen LogP contribution in [0.3, 0.4) is 0 Å². The largest absolute Gasteiger partial charge is 4.00 e. The Bertz CT molecular complexity index is 23.6. The van der Waals surface area contributed by atoms with Gasteiger partial charge in [0.2, 0.25) is 0 Å². The van der Waals surface area contributed by atoms with Crippen LogP contribution in [0.2, 0.25) is 0 Å². The van der Waals surface area contributed by atoms with Gasteiger partial charge in [0.15, 0.2) is 0 Å². The molecular formula is H2CuO5Si. The summed E-state index contributed by atoms with van der Waals surface area (Å²) >= 11 is 0. The van der Waals surface area contributed by atoms with Gasteiger partial charge in [-0.3, -0.25) is 0 Å². The molecule has 1 radical (unpaired) electrons. The van der Waals surface area contributed by atoms with Gasteiger partial charge < -0.3 is 33.7 Å². The Hall–Kier alpha value is 0.536. The second-order valence-corrected chi connectivity index (χ2v) is 1.50. The van der Waals surface area contributed by atoms with Crippen LogP contribution in [0.5, 0.6) is 0 Å². The zero-order chi connectivity index (χ0) is 4.50. The predicted molar refractivity (Wildman–Crippen MR) is 9.37 cm³/mol. The maximum atomic E-state index is 8.58. The van der Waals surface area contributed by atoms with Gasteiger partial charge in [-0.2, -0.15) is 0 Å². The summed E-state index contributed by atoms with van der Waals surface area (Å²) in [6.45, 7) is 0. The molecule has 7 heavy (non-hydrogen) atoms. The van der Waals surface area contributed by atoms with E-state index in [1.807, 2.05) is 0 Å². The van der Waals surface area contributed by atoms with E-state index in [1.54, 1.807) is 0 Å². The third-order valence-corrected chi connectivity index (χ3v) is 0. The predicted octanol–water partition coefficient (Wildman–Crippen LogP) is -5.96. The van der Waals surface area contributed by atoms with Crippen molar-refractivity contribution in [2.75, 3.05) is 0 Å². The minimum atomic E-state index is -5.61. The molecule has 0 spiro atoms. The molecule has 0 fully saturated rings. The molecule has 0 saturated heterocycles. The molecular weight excluding hydrogens is 172 g/mol. The van der Waals surface area contributed by atoms with Gasteiger partial charge in [0.25, 0.3) is 0 Å². The van der Waals surface area contributed by atoms with E-state index >= 15 is 0 Å². The molecule has 0 amide bonds. The van der Waals surface area contributed by atoms with Gasteiger partial charge in [0.1, 0.15) is 0 Å². The van der Waals surface area contributed by atoms with Crippen LogP contribution >= 0.6 is 0 Å². The first kappa shape index (κ1) is 15.6. The molecule has 0 bridgehead atoms. The van der Waals surface area contributed by atoms with E-state index in [2.05, 4.69) is 0 Å². The Labute approximate surface area is 51.5 Å². The Morgan fingerprint density at radius 1 is 0.857 bits per heavy atom. The van der Waals surface area contributed by atoms with E-state index in [-0.39, 0.29) is 22.5 Å². The van der Waals surface area contributed by atoms with Crippen LogP contribution in [0, 0.1) is 0 Å². The van der Waals surface area contributed by atoms with Gasteiger partial charge in [-0.15, -0.1) is 0 Å². The molecule has 0 saturated carbocycles. The molecule has 0 rings (SSSR count). The van der Waals surface area contributed by atoms with Crippen LogP contribution in [0.4, 0.5) is 0 Å². The van der Waals surface area contributed by atoms with Crippen molar-refractivity contribution in [1.29, 1.82) is 0 Å². The Balaban J connectivity index is -0.0000000800. The fraction of sp³-hybridized carbons (Fsp3) is 0. The maximum absolute atomic E-state index is 8.58. The molecule has 5 nitrogen and oxygen atoms in total. The molecule has 0 aromatic rings. The molecule has 0 aromatic heterocycles. The van der Waals surface area contributed by atoms with Gasteiger partial charge in [0, 0.05) is 0 Å². The molecule has 0 aromatic carbocycles. The average Bonchev–Trinajstić information content (AvgIpc) is 0.722. The van der Waals surface area contributed by atoms with E-state index < -0.39 is 9.05 Å². The normalized spacial score (nSPS) is 8.57. The van der Waals surface area contributed by atoms with Crippen molar-refractivity contribution >= 4 is 9.05 Å². The monoisotopic (exact) mass is 173 g/mol. The molecule has 0 atom stereocenters. The molecule has 7 heteroatoms.